The van der Waals surface area contributed by atoms with E-state index in [0.29, 0.717) is 48.2 Å². The van der Waals surface area contributed by atoms with E-state index in [1.807, 2.05) is 36.4 Å². The second kappa shape index (κ2) is 11.5. The van der Waals surface area contributed by atoms with Gasteiger partial charge in [-0.2, -0.15) is 4.31 Å². The lowest BCUT2D eigenvalue weighted by Gasteiger charge is -2.29. The van der Waals surface area contributed by atoms with Gasteiger partial charge in [0.2, 0.25) is 28.7 Å². The first kappa shape index (κ1) is 28.2. The van der Waals surface area contributed by atoms with Crippen molar-refractivity contribution in [3.05, 3.63) is 95.4 Å². The van der Waals surface area contributed by atoms with Crippen molar-refractivity contribution in [2.75, 3.05) is 24.8 Å². The number of nitrogens with one attached hydrogen (secondary N) is 1. The minimum absolute atomic E-state index is 0.0458. The topological polar surface area (TPSA) is 114 Å². The number of hydrogen-bond acceptors (Lipinski definition) is 8. The molecule has 0 bridgehead atoms. The summed E-state index contributed by atoms with van der Waals surface area (Å²) in [4.78, 5) is 25.2. The molecule has 4 heterocycles. The van der Waals surface area contributed by atoms with Crippen LogP contribution in [0.25, 0.3) is 11.3 Å². The monoisotopic (exact) mass is 615 g/mol. The SMILES string of the molecule is O=C(NCc1cc(-c2ccc3c(c2)OCO3)nc(N2CCc3ccccc3C2)n1)C1CCCN1S(=O)(=O)c1ccc(F)cc1. The van der Waals surface area contributed by atoms with E-state index < -0.39 is 27.8 Å². The number of hydrogen-bond donors (Lipinski definition) is 1. The minimum Gasteiger partial charge on any atom is -0.454 e. The molecule has 10 nitrogen and oxygen atoms in total. The second-order valence-electron chi connectivity index (χ2n) is 11.0. The van der Waals surface area contributed by atoms with E-state index in [1.54, 1.807) is 0 Å². The summed E-state index contributed by atoms with van der Waals surface area (Å²) >= 11 is 0. The largest absolute Gasteiger partial charge is 0.454 e. The van der Waals surface area contributed by atoms with Gasteiger partial charge in [0.05, 0.1) is 22.8 Å². The van der Waals surface area contributed by atoms with Crippen molar-refractivity contribution >= 4 is 21.9 Å². The summed E-state index contributed by atoms with van der Waals surface area (Å²) in [5, 5.41) is 2.91. The molecule has 3 aromatic carbocycles. The van der Waals surface area contributed by atoms with Crippen LogP contribution in [0, 0.1) is 5.82 Å². The van der Waals surface area contributed by atoms with Crippen LogP contribution in [0.4, 0.5) is 10.3 Å². The van der Waals surface area contributed by atoms with Crippen LogP contribution in [-0.4, -0.2) is 54.5 Å². The normalized spacial score (nSPS) is 17.8. The van der Waals surface area contributed by atoms with E-state index >= 15 is 0 Å². The zero-order valence-electron chi connectivity index (χ0n) is 23.8. The summed E-state index contributed by atoms with van der Waals surface area (Å²) in [6.07, 6.45) is 1.79. The Morgan fingerprint density at radius 3 is 2.59 bits per heavy atom. The number of halogens is 1. The number of nitrogens with zero attached hydrogens (tertiary/aromatic N) is 4. The zero-order valence-corrected chi connectivity index (χ0v) is 24.6. The molecule has 1 amide bonds. The van der Waals surface area contributed by atoms with Crippen molar-refractivity contribution in [2.45, 2.75) is 43.3 Å². The van der Waals surface area contributed by atoms with Crippen LogP contribution in [0.3, 0.4) is 0 Å². The third-order valence-electron chi connectivity index (χ3n) is 8.22. The molecular weight excluding hydrogens is 585 g/mol. The third kappa shape index (κ3) is 5.46. The van der Waals surface area contributed by atoms with Crippen molar-refractivity contribution < 1.29 is 27.1 Å². The van der Waals surface area contributed by atoms with Crippen LogP contribution in [0.5, 0.6) is 11.5 Å². The Bertz CT molecular complexity index is 1840. The summed E-state index contributed by atoms with van der Waals surface area (Å²) in [6, 6.07) is 19.5. The number of anilines is 1. The molecule has 3 aliphatic heterocycles. The quantitative estimate of drug-likeness (QED) is 0.332. The average molecular weight is 616 g/mol. The average Bonchev–Trinajstić information content (AvgIpc) is 3.74. The Morgan fingerprint density at radius 2 is 1.75 bits per heavy atom. The van der Waals surface area contributed by atoms with Crippen molar-refractivity contribution in [3.8, 4) is 22.8 Å². The molecule has 0 aliphatic carbocycles. The van der Waals surface area contributed by atoms with E-state index in [1.165, 1.54) is 27.6 Å². The van der Waals surface area contributed by atoms with E-state index in [0.717, 1.165) is 30.7 Å². The summed E-state index contributed by atoms with van der Waals surface area (Å²) in [6.45, 7) is 1.85. The molecule has 12 heteroatoms. The molecule has 226 valence electrons. The summed E-state index contributed by atoms with van der Waals surface area (Å²) in [5.41, 5.74) is 4.59. The third-order valence-corrected chi connectivity index (χ3v) is 10.1. The van der Waals surface area contributed by atoms with Gasteiger partial charge < -0.3 is 19.7 Å². The molecule has 3 aliphatic rings. The first-order valence-electron chi connectivity index (χ1n) is 14.5. The van der Waals surface area contributed by atoms with Gasteiger partial charge in [-0.1, -0.05) is 24.3 Å². The highest BCUT2D eigenvalue weighted by atomic mass is 32.2. The number of benzene rings is 3. The van der Waals surface area contributed by atoms with Crippen LogP contribution < -0.4 is 19.7 Å². The second-order valence-corrected chi connectivity index (χ2v) is 12.9. The number of ether oxygens (including phenoxy) is 2. The lowest BCUT2D eigenvalue weighted by atomic mass is 10.0. The summed E-state index contributed by atoms with van der Waals surface area (Å²) in [5.74, 6) is 0.899. The Balaban J connectivity index is 1.15. The van der Waals surface area contributed by atoms with Gasteiger partial charge in [0.25, 0.3) is 0 Å². The molecular formula is C32H30FN5O5S. The van der Waals surface area contributed by atoms with Gasteiger partial charge in [-0.25, -0.2) is 22.8 Å². The molecule has 7 rings (SSSR count). The van der Waals surface area contributed by atoms with Crippen LogP contribution in [-0.2, 0) is 34.3 Å². The van der Waals surface area contributed by atoms with Gasteiger partial charge in [-0.05, 0) is 78.9 Å². The van der Waals surface area contributed by atoms with Gasteiger partial charge in [-0.15, -0.1) is 0 Å². The van der Waals surface area contributed by atoms with Crippen molar-refractivity contribution in [2.24, 2.45) is 0 Å². The maximum atomic E-state index is 13.4. The number of carbonyl (C=O) groups excluding carboxylic acids is 1. The lowest BCUT2D eigenvalue weighted by molar-refractivity contribution is -0.124. The predicted molar refractivity (Wildman–Crippen MR) is 160 cm³/mol. The maximum absolute atomic E-state index is 13.4. The fraction of sp³-hybridized carbons (Fsp3) is 0.281. The zero-order chi connectivity index (χ0) is 30.3. The fourth-order valence-electron chi connectivity index (χ4n) is 5.91. The summed E-state index contributed by atoms with van der Waals surface area (Å²) < 4.78 is 52.3. The Kier molecular flexibility index (Phi) is 7.39. The van der Waals surface area contributed by atoms with Crippen LogP contribution in [0.1, 0.15) is 29.7 Å². The van der Waals surface area contributed by atoms with E-state index in [4.69, 9.17) is 19.4 Å². The molecule has 0 saturated carbocycles. The van der Waals surface area contributed by atoms with Crippen LogP contribution >= 0.6 is 0 Å². The number of sulfonamides is 1. The highest BCUT2D eigenvalue weighted by molar-refractivity contribution is 7.89. The van der Waals surface area contributed by atoms with Crippen molar-refractivity contribution in [3.63, 3.8) is 0 Å². The van der Waals surface area contributed by atoms with Gasteiger partial charge >= 0.3 is 0 Å². The minimum atomic E-state index is -3.97. The molecule has 1 aromatic heterocycles. The first-order valence-corrected chi connectivity index (χ1v) is 15.9. The van der Waals surface area contributed by atoms with Crippen molar-refractivity contribution in [1.29, 1.82) is 0 Å². The predicted octanol–water partition coefficient (Wildman–Crippen LogP) is 4.04. The van der Waals surface area contributed by atoms with Gasteiger partial charge in [0.15, 0.2) is 11.5 Å². The van der Waals surface area contributed by atoms with Gasteiger partial charge in [0.1, 0.15) is 11.9 Å². The van der Waals surface area contributed by atoms with Gasteiger partial charge in [-0.3, -0.25) is 4.79 Å². The standard InChI is InChI=1S/C32H30FN5O5S/c33-24-8-10-26(11-9-24)44(40,41)38-14-3-6-28(38)31(39)34-18-25-17-27(22-7-12-29-30(16-22)43-20-42-29)36-32(35-25)37-15-13-21-4-1-2-5-23(21)19-37/h1-2,4-5,7-12,16-17,28H,3,6,13-15,18-20H2,(H,34,39). The fourth-order valence-corrected chi connectivity index (χ4v) is 7.57. The molecule has 0 spiro atoms. The highest BCUT2D eigenvalue weighted by Crippen LogP contribution is 2.36. The number of aromatic nitrogens is 2. The lowest BCUT2D eigenvalue weighted by Crippen LogP contribution is -2.45. The molecule has 0 radical (unpaired) electrons. The van der Waals surface area contributed by atoms with E-state index in [2.05, 4.69) is 22.3 Å². The number of amides is 1. The molecule has 1 unspecified atom stereocenters. The smallest absolute Gasteiger partial charge is 0.243 e. The number of carbonyl (C=O) groups is 1. The number of rotatable bonds is 7. The van der Waals surface area contributed by atoms with E-state index in [-0.39, 0.29) is 24.8 Å². The van der Waals surface area contributed by atoms with E-state index in [9.17, 15) is 17.6 Å². The van der Waals surface area contributed by atoms with Gasteiger partial charge in [0, 0.05) is 25.2 Å². The maximum Gasteiger partial charge on any atom is 0.243 e. The molecule has 1 fully saturated rings. The van der Waals surface area contributed by atoms with Crippen LogP contribution in [0.2, 0.25) is 0 Å². The molecule has 1 atom stereocenters. The summed E-state index contributed by atoms with van der Waals surface area (Å²) in [7, 11) is -3.97. The Morgan fingerprint density at radius 1 is 0.955 bits per heavy atom. The van der Waals surface area contributed by atoms with Crippen LogP contribution in [0.15, 0.2) is 77.7 Å². The molecule has 4 aromatic rings. The van der Waals surface area contributed by atoms with Crippen molar-refractivity contribution in [1.82, 2.24) is 19.6 Å². The molecule has 1 saturated heterocycles. The molecule has 44 heavy (non-hydrogen) atoms. The Hall–Kier alpha value is -4.55. The molecule has 1 N–H and O–H groups in total. The Labute approximate surface area is 254 Å². The number of fused-ring (bicyclic) bond motifs is 2. The first-order chi connectivity index (χ1) is 21.3. The highest BCUT2D eigenvalue weighted by Gasteiger charge is 2.39.